The number of nitrogens with zero attached hydrogens (tertiary/aromatic N) is 4. The van der Waals surface area contributed by atoms with Gasteiger partial charge in [-0.2, -0.15) is 13.2 Å². The maximum atomic E-state index is 14.8. The first-order valence-electron chi connectivity index (χ1n) is 13.1. The zero-order valence-electron chi connectivity index (χ0n) is 23.1. The van der Waals surface area contributed by atoms with Crippen LogP contribution in [0.4, 0.5) is 28.9 Å². The van der Waals surface area contributed by atoms with Crippen LogP contribution in [0.2, 0.25) is 0 Å². The Balaban J connectivity index is 1.44. The normalized spacial score (nSPS) is 18.4. The summed E-state index contributed by atoms with van der Waals surface area (Å²) in [4.78, 5) is 2.01. The lowest BCUT2D eigenvalue weighted by atomic mass is 10.0. The number of piperidine rings is 1. The van der Waals surface area contributed by atoms with Crippen LogP contribution in [-0.2, 0) is 22.9 Å². The number of anilines is 2. The number of alkyl halides is 4. The number of likely N-dealkylation sites (tertiary alicyclic amines) is 1. The van der Waals surface area contributed by atoms with Gasteiger partial charge in [0.15, 0.2) is 14.8 Å². The summed E-state index contributed by atoms with van der Waals surface area (Å²) < 4.78 is 86.1. The molecule has 0 spiro atoms. The maximum Gasteiger partial charge on any atom is 0.406 e. The summed E-state index contributed by atoms with van der Waals surface area (Å²) in [6.07, 6.45) is -3.94. The molecule has 1 aliphatic heterocycles. The number of hydrogen-bond donors (Lipinski definition) is 2. The van der Waals surface area contributed by atoms with Gasteiger partial charge in [0.2, 0.25) is 0 Å². The lowest BCUT2D eigenvalue weighted by molar-refractivity contribution is -0.139. The van der Waals surface area contributed by atoms with Crippen LogP contribution in [0, 0.1) is 0 Å². The molecule has 5 rings (SSSR count). The fraction of sp³-hybridized carbons (Fsp3) is 0.407. The van der Waals surface area contributed by atoms with Crippen molar-refractivity contribution < 1.29 is 30.7 Å². The van der Waals surface area contributed by atoms with Crippen molar-refractivity contribution in [3.8, 4) is 16.5 Å². The number of methoxy groups -OCH3 is 1. The van der Waals surface area contributed by atoms with Gasteiger partial charge < -0.3 is 24.8 Å². The van der Waals surface area contributed by atoms with E-state index in [1.165, 1.54) is 19.2 Å². The highest BCUT2D eigenvalue weighted by atomic mass is 32.2. The van der Waals surface area contributed by atoms with Crippen LogP contribution in [0.3, 0.4) is 0 Å². The molecule has 226 valence electrons. The molecule has 42 heavy (non-hydrogen) atoms. The predicted octanol–water partition coefficient (Wildman–Crippen LogP) is 5.20. The zero-order valence-corrected chi connectivity index (χ0v) is 24.7. The summed E-state index contributed by atoms with van der Waals surface area (Å²) in [6.45, 7) is -0.0636. The molecule has 0 radical (unpaired) electrons. The van der Waals surface area contributed by atoms with E-state index in [4.69, 9.17) is 4.74 Å². The minimum Gasteiger partial charge on any atom is -0.495 e. The molecule has 2 atom stereocenters. The molecule has 15 heteroatoms. The van der Waals surface area contributed by atoms with Gasteiger partial charge in [-0.25, -0.2) is 12.8 Å². The predicted molar refractivity (Wildman–Crippen MR) is 155 cm³/mol. The molecule has 1 aliphatic rings. The van der Waals surface area contributed by atoms with Crippen molar-refractivity contribution in [2.24, 2.45) is 0 Å². The van der Waals surface area contributed by atoms with E-state index in [0.717, 1.165) is 22.2 Å². The third-order valence-electron chi connectivity index (χ3n) is 7.09. The average Bonchev–Trinajstić information content (AvgIpc) is 3.53. The number of sulfone groups is 1. The third-order valence-corrected chi connectivity index (χ3v) is 9.14. The van der Waals surface area contributed by atoms with Gasteiger partial charge in [0.05, 0.1) is 41.5 Å². The first kappa shape index (κ1) is 30.0. The Bertz CT molecular complexity index is 1690. The summed E-state index contributed by atoms with van der Waals surface area (Å²) in [5.74, 6) is 0.313. The molecule has 1 saturated heterocycles. The molecule has 2 N–H and O–H groups in total. The SMILES string of the molecule is COc1cc(S(C)(=O)=O)ccc1NCc1nnc(-c2cc3c(N[C@H]4CCN(C)C[C@H]4F)cccc3n2CC(F)(F)F)s1. The van der Waals surface area contributed by atoms with E-state index in [2.05, 4.69) is 20.8 Å². The Labute approximate surface area is 244 Å². The molecule has 0 amide bonds. The molecular formula is C27H30F4N6O3S2. The third kappa shape index (κ3) is 6.63. The van der Waals surface area contributed by atoms with E-state index >= 15 is 0 Å². The van der Waals surface area contributed by atoms with Gasteiger partial charge in [0.25, 0.3) is 0 Å². The number of ether oxygens (including phenoxy) is 1. The van der Waals surface area contributed by atoms with Gasteiger partial charge in [-0.05, 0) is 43.8 Å². The molecule has 0 saturated carbocycles. The highest BCUT2D eigenvalue weighted by Gasteiger charge is 2.32. The van der Waals surface area contributed by atoms with E-state index in [1.807, 2.05) is 11.9 Å². The first-order valence-corrected chi connectivity index (χ1v) is 15.8. The van der Waals surface area contributed by atoms with Crippen molar-refractivity contribution in [2.45, 2.75) is 42.8 Å². The van der Waals surface area contributed by atoms with Crippen LogP contribution in [0.15, 0.2) is 47.4 Å². The van der Waals surface area contributed by atoms with Crippen LogP contribution in [0.5, 0.6) is 5.75 Å². The molecule has 3 heterocycles. The molecule has 1 fully saturated rings. The molecule has 2 aromatic heterocycles. The number of benzene rings is 2. The number of nitrogens with one attached hydrogen (secondary N) is 2. The molecule has 9 nitrogen and oxygen atoms in total. The molecule has 2 aromatic carbocycles. The lowest BCUT2D eigenvalue weighted by Gasteiger charge is -2.33. The summed E-state index contributed by atoms with van der Waals surface area (Å²) >= 11 is 1.13. The number of rotatable bonds is 9. The molecule has 4 aromatic rings. The number of halogens is 4. The molecule has 0 bridgehead atoms. The van der Waals surface area contributed by atoms with Gasteiger partial charge in [-0.1, -0.05) is 17.4 Å². The van der Waals surface area contributed by atoms with Crippen molar-refractivity contribution in [1.29, 1.82) is 0 Å². The Morgan fingerprint density at radius 3 is 2.62 bits per heavy atom. The first-order chi connectivity index (χ1) is 19.8. The Hall–Kier alpha value is -3.43. The maximum absolute atomic E-state index is 14.8. The second kappa shape index (κ2) is 11.7. The molecule has 0 aliphatic carbocycles. The Morgan fingerprint density at radius 1 is 1.14 bits per heavy atom. The van der Waals surface area contributed by atoms with Crippen molar-refractivity contribution in [2.75, 3.05) is 44.1 Å². The van der Waals surface area contributed by atoms with Crippen molar-refractivity contribution in [3.63, 3.8) is 0 Å². The fourth-order valence-corrected chi connectivity index (χ4v) is 6.44. The van der Waals surface area contributed by atoms with Crippen LogP contribution < -0.4 is 15.4 Å². The summed E-state index contributed by atoms with van der Waals surface area (Å²) in [5, 5.41) is 16.0. The van der Waals surface area contributed by atoms with Gasteiger partial charge in [0, 0.05) is 36.5 Å². The second-order valence-corrected chi connectivity index (χ2v) is 13.4. The van der Waals surface area contributed by atoms with Gasteiger partial charge >= 0.3 is 6.18 Å². The van der Waals surface area contributed by atoms with E-state index in [-0.39, 0.29) is 23.7 Å². The summed E-state index contributed by atoms with van der Waals surface area (Å²) in [6, 6.07) is 10.6. The van der Waals surface area contributed by atoms with Crippen molar-refractivity contribution >= 4 is 43.5 Å². The van der Waals surface area contributed by atoms with Crippen molar-refractivity contribution in [3.05, 3.63) is 47.5 Å². The van der Waals surface area contributed by atoms with Gasteiger partial charge in [0.1, 0.15) is 23.5 Å². The number of fused-ring (bicyclic) bond motifs is 1. The van der Waals surface area contributed by atoms with E-state index in [0.29, 0.717) is 51.0 Å². The van der Waals surface area contributed by atoms with Crippen LogP contribution in [-0.4, -0.2) is 80.0 Å². The van der Waals surface area contributed by atoms with E-state index in [1.54, 1.807) is 30.3 Å². The average molecular weight is 627 g/mol. The zero-order chi connectivity index (χ0) is 30.2. The highest BCUT2D eigenvalue weighted by molar-refractivity contribution is 7.90. The van der Waals surface area contributed by atoms with E-state index < -0.39 is 34.8 Å². The second-order valence-electron chi connectivity index (χ2n) is 10.3. The Kier molecular flexibility index (Phi) is 8.36. The van der Waals surface area contributed by atoms with Gasteiger partial charge in [-0.15, -0.1) is 10.2 Å². The number of hydrogen-bond acceptors (Lipinski definition) is 9. The minimum absolute atomic E-state index is 0.104. The van der Waals surface area contributed by atoms with Crippen LogP contribution in [0.25, 0.3) is 21.6 Å². The van der Waals surface area contributed by atoms with Crippen LogP contribution >= 0.6 is 11.3 Å². The minimum atomic E-state index is -4.49. The summed E-state index contributed by atoms with van der Waals surface area (Å²) in [5.41, 5.74) is 1.67. The smallest absolute Gasteiger partial charge is 0.406 e. The summed E-state index contributed by atoms with van der Waals surface area (Å²) in [7, 11) is -0.160. The Morgan fingerprint density at radius 2 is 1.93 bits per heavy atom. The van der Waals surface area contributed by atoms with Crippen molar-refractivity contribution in [1.82, 2.24) is 19.7 Å². The number of aromatic nitrogens is 3. The van der Waals surface area contributed by atoms with E-state index in [9.17, 15) is 26.0 Å². The molecular weight excluding hydrogens is 596 g/mol. The van der Waals surface area contributed by atoms with Gasteiger partial charge in [-0.3, -0.25) is 0 Å². The highest BCUT2D eigenvalue weighted by Crippen LogP contribution is 2.37. The largest absolute Gasteiger partial charge is 0.495 e. The molecule has 0 unspecified atom stereocenters. The monoisotopic (exact) mass is 626 g/mol. The standard InChI is InChI=1S/C27H30F4N6O3S2/c1-36-10-9-20(18(28)14-36)33-19-5-4-6-22-17(19)12-23(37(22)15-27(29,30)31)26-35-34-25(41-26)13-32-21-8-7-16(42(3,38)39)11-24(21)40-2/h4-8,11-12,18,20,32-33H,9-10,13-15H2,1-3H3/t18-,20+/m1/s1. The van der Waals surface area contributed by atoms with Crippen LogP contribution in [0.1, 0.15) is 11.4 Å². The lowest BCUT2D eigenvalue weighted by Crippen LogP contribution is -2.46. The quantitative estimate of drug-likeness (QED) is 0.245. The fourth-order valence-electron chi connectivity index (χ4n) is 5.00. The topological polar surface area (TPSA) is 101 Å².